The Morgan fingerprint density at radius 2 is 1.62 bits per heavy atom. The Morgan fingerprint density at radius 3 is 2.19 bits per heavy atom. The van der Waals surface area contributed by atoms with Crippen molar-refractivity contribution >= 4 is 11.9 Å². The van der Waals surface area contributed by atoms with Crippen LogP contribution in [0.15, 0.2) is 35.5 Å². The largest absolute Gasteiger partial charge is 0.456 e. The van der Waals surface area contributed by atoms with Gasteiger partial charge in [-0.1, -0.05) is 23.8 Å². The number of epoxide rings is 2. The quantitative estimate of drug-likeness (QED) is 0.298. The lowest BCUT2D eigenvalue weighted by Gasteiger charge is -2.34. The van der Waals surface area contributed by atoms with Crippen molar-refractivity contribution in [3.05, 3.63) is 35.5 Å². The van der Waals surface area contributed by atoms with Crippen LogP contribution < -0.4 is 0 Å². The molecule has 178 valence electrons. The molecule has 1 N–H and O–H groups in total. The average molecular weight is 449 g/mol. The van der Waals surface area contributed by atoms with Crippen LogP contribution in [-0.2, 0) is 28.5 Å². The van der Waals surface area contributed by atoms with Crippen LogP contribution in [0.25, 0.3) is 0 Å². The predicted molar refractivity (Wildman–Crippen MR) is 119 cm³/mol. The molecule has 0 bridgehead atoms. The molecule has 2 heterocycles. The SMILES string of the molecule is C=C(C)[C@H]1C[C@@H]2O[C@]2(C)[C@@H](OC(=O)/C(C)=C\C)C[C@H]2O[C@@]2(C)[C@@H](O)[C@H]1OC(=O)C=C(C)C. The maximum atomic E-state index is 12.5. The second kappa shape index (κ2) is 8.76. The normalized spacial score (nSPS) is 40.8. The van der Waals surface area contributed by atoms with Gasteiger partial charge in [-0.15, -0.1) is 0 Å². The molecule has 0 unspecified atom stereocenters. The fourth-order valence-electron chi connectivity index (χ4n) is 4.53. The Balaban J connectivity index is 1.91. The third-order valence-corrected chi connectivity index (χ3v) is 7.08. The summed E-state index contributed by atoms with van der Waals surface area (Å²) in [5.41, 5.74) is 0.496. The van der Waals surface area contributed by atoms with Gasteiger partial charge in [0.2, 0.25) is 0 Å². The van der Waals surface area contributed by atoms with Crippen molar-refractivity contribution in [2.45, 2.75) is 103 Å². The smallest absolute Gasteiger partial charge is 0.333 e. The molecule has 3 fully saturated rings. The van der Waals surface area contributed by atoms with E-state index in [1.54, 1.807) is 26.8 Å². The first-order valence-electron chi connectivity index (χ1n) is 11.2. The summed E-state index contributed by atoms with van der Waals surface area (Å²) in [6, 6.07) is 0. The van der Waals surface area contributed by atoms with Crippen molar-refractivity contribution in [1.29, 1.82) is 0 Å². The monoisotopic (exact) mass is 448 g/mol. The summed E-state index contributed by atoms with van der Waals surface area (Å²) < 4.78 is 23.6. The minimum atomic E-state index is -1.07. The fourth-order valence-corrected chi connectivity index (χ4v) is 4.53. The molecule has 7 heteroatoms. The molecule has 0 aromatic heterocycles. The van der Waals surface area contributed by atoms with E-state index in [0.717, 1.165) is 11.1 Å². The second-order valence-corrected chi connectivity index (χ2v) is 9.94. The Morgan fingerprint density at radius 1 is 1.03 bits per heavy atom. The van der Waals surface area contributed by atoms with E-state index in [9.17, 15) is 14.7 Å². The van der Waals surface area contributed by atoms with Gasteiger partial charge in [0.05, 0.1) is 12.2 Å². The van der Waals surface area contributed by atoms with Gasteiger partial charge in [-0.2, -0.15) is 0 Å². The second-order valence-electron chi connectivity index (χ2n) is 9.94. The Hall–Kier alpha value is -1.96. The molecule has 0 radical (unpaired) electrons. The van der Waals surface area contributed by atoms with Gasteiger partial charge >= 0.3 is 11.9 Å². The van der Waals surface area contributed by atoms with Crippen LogP contribution in [-0.4, -0.2) is 58.8 Å². The van der Waals surface area contributed by atoms with Crippen LogP contribution >= 0.6 is 0 Å². The highest BCUT2D eigenvalue weighted by Crippen LogP contribution is 2.53. The van der Waals surface area contributed by atoms with Crippen molar-refractivity contribution in [2.75, 3.05) is 0 Å². The van der Waals surface area contributed by atoms with Crippen LogP contribution in [0, 0.1) is 5.92 Å². The van der Waals surface area contributed by atoms with E-state index >= 15 is 0 Å². The highest BCUT2D eigenvalue weighted by Gasteiger charge is 2.68. The van der Waals surface area contributed by atoms with Crippen LogP contribution in [0.3, 0.4) is 0 Å². The first-order valence-corrected chi connectivity index (χ1v) is 11.2. The molecule has 7 nitrogen and oxygen atoms in total. The van der Waals surface area contributed by atoms with Crippen LogP contribution in [0.5, 0.6) is 0 Å². The molecular weight excluding hydrogens is 412 g/mol. The fraction of sp³-hybridized carbons (Fsp3) is 0.680. The molecule has 8 atom stereocenters. The maximum Gasteiger partial charge on any atom is 0.333 e. The molecule has 2 saturated heterocycles. The van der Waals surface area contributed by atoms with E-state index < -0.39 is 41.5 Å². The summed E-state index contributed by atoms with van der Waals surface area (Å²) in [6.07, 6.45) is 0.964. The zero-order valence-corrected chi connectivity index (χ0v) is 20.1. The molecule has 3 aliphatic rings. The molecule has 0 amide bonds. The number of carbonyl (C=O) groups excluding carboxylic acids is 2. The number of carbonyl (C=O) groups is 2. The van der Waals surface area contributed by atoms with E-state index in [1.807, 2.05) is 27.7 Å². The maximum absolute atomic E-state index is 12.5. The summed E-state index contributed by atoms with van der Waals surface area (Å²) in [6.45, 7) is 16.8. The lowest BCUT2D eigenvalue weighted by Crippen LogP contribution is -2.49. The summed E-state index contributed by atoms with van der Waals surface area (Å²) in [7, 11) is 0. The molecule has 0 spiro atoms. The minimum absolute atomic E-state index is 0.229. The number of esters is 2. The number of aliphatic hydroxyl groups excluding tert-OH is 1. The topological polar surface area (TPSA) is 97.9 Å². The Bertz CT molecular complexity index is 854. The van der Waals surface area contributed by atoms with Crippen LogP contribution in [0.4, 0.5) is 0 Å². The minimum Gasteiger partial charge on any atom is -0.456 e. The molecule has 1 aliphatic carbocycles. The standard InChI is InChI=1S/C25H36O7/c1-9-15(6)23(28)29-17-12-19-25(8,32-19)22(27)21(30-20(26)10-13(2)3)16(14(4)5)11-18-24(17,7)31-18/h9-10,16-19,21-22,27H,4,11-12H2,1-3,5-8H3/b15-9-/t16-,17+,18+,19-,21+,22+,24-,25-/m1/s1. The number of hydrogen-bond donors (Lipinski definition) is 1. The number of ether oxygens (including phenoxy) is 4. The van der Waals surface area contributed by atoms with E-state index in [-0.39, 0.29) is 18.1 Å². The Kier molecular flexibility index (Phi) is 6.76. The highest BCUT2D eigenvalue weighted by atomic mass is 16.7. The van der Waals surface area contributed by atoms with E-state index in [2.05, 4.69) is 6.58 Å². The van der Waals surface area contributed by atoms with Gasteiger partial charge in [0, 0.05) is 24.0 Å². The third-order valence-electron chi connectivity index (χ3n) is 7.08. The number of rotatable bonds is 5. The lowest BCUT2D eigenvalue weighted by atomic mass is 9.78. The van der Waals surface area contributed by atoms with Crippen molar-refractivity contribution in [3.8, 4) is 0 Å². The summed E-state index contributed by atoms with van der Waals surface area (Å²) >= 11 is 0. The van der Waals surface area contributed by atoms with Gasteiger partial charge in [-0.05, 0) is 54.9 Å². The third kappa shape index (κ3) is 4.70. The zero-order chi connectivity index (χ0) is 24.0. The van der Waals surface area contributed by atoms with Gasteiger partial charge in [-0.3, -0.25) is 0 Å². The van der Waals surface area contributed by atoms with Gasteiger partial charge in [0.25, 0.3) is 0 Å². The molecule has 1 saturated carbocycles. The first-order chi connectivity index (χ1) is 14.8. The van der Waals surface area contributed by atoms with Gasteiger partial charge in [-0.25, -0.2) is 9.59 Å². The first kappa shape index (κ1) is 24.7. The highest BCUT2D eigenvalue weighted by molar-refractivity contribution is 5.87. The molecular formula is C25H36O7. The van der Waals surface area contributed by atoms with E-state index in [4.69, 9.17) is 18.9 Å². The molecule has 32 heavy (non-hydrogen) atoms. The number of allylic oxidation sites excluding steroid dienone is 2. The number of aliphatic hydroxyl groups is 1. The number of fused-ring (bicyclic) bond motifs is 2. The average Bonchev–Trinajstić information content (AvgIpc) is 3.57. The molecule has 3 rings (SSSR count). The van der Waals surface area contributed by atoms with Gasteiger partial charge in [0.15, 0.2) is 0 Å². The van der Waals surface area contributed by atoms with Crippen molar-refractivity contribution in [2.24, 2.45) is 5.92 Å². The van der Waals surface area contributed by atoms with Crippen LogP contribution in [0.2, 0.25) is 0 Å². The summed E-state index contributed by atoms with van der Waals surface area (Å²) in [4.78, 5) is 24.9. The molecule has 0 aromatic rings. The molecule has 0 aromatic carbocycles. The predicted octanol–water partition coefficient (Wildman–Crippen LogP) is 3.40. The summed E-state index contributed by atoms with van der Waals surface area (Å²) in [5, 5.41) is 11.3. The van der Waals surface area contributed by atoms with E-state index in [0.29, 0.717) is 18.4 Å². The Labute approximate surface area is 190 Å². The lowest BCUT2D eigenvalue weighted by molar-refractivity contribution is -0.156. The van der Waals surface area contributed by atoms with Gasteiger partial charge in [0.1, 0.15) is 29.5 Å². The van der Waals surface area contributed by atoms with Crippen LogP contribution in [0.1, 0.15) is 61.3 Å². The van der Waals surface area contributed by atoms with Crippen molar-refractivity contribution < 1.29 is 33.6 Å². The number of hydrogen-bond acceptors (Lipinski definition) is 7. The molecule has 2 aliphatic heterocycles. The van der Waals surface area contributed by atoms with Gasteiger partial charge < -0.3 is 24.1 Å². The van der Waals surface area contributed by atoms with Crippen molar-refractivity contribution in [3.63, 3.8) is 0 Å². The summed E-state index contributed by atoms with van der Waals surface area (Å²) in [5.74, 6) is -1.25. The zero-order valence-electron chi connectivity index (χ0n) is 20.1. The van der Waals surface area contributed by atoms with E-state index in [1.165, 1.54) is 6.08 Å². The van der Waals surface area contributed by atoms with Crippen molar-refractivity contribution in [1.82, 2.24) is 0 Å².